The summed E-state index contributed by atoms with van der Waals surface area (Å²) in [6, 6.07) is 4.08. The molecule has 1 aromatic carbocycles. The lowest BCUT2D eigenvalue weighted by atomic mass is 9.44. The molecule has 2 saturated carbocycles. The third-order valence-corrected chi connectivity index (χ3v) is 9.59. The van der Waals surface area contributed by atoms with Gasteiger partial charge in [-0.1, -0.05) is 43.6 Å². The third kappa shape index (κ3) is 2.22. The lowest BCUT2D eigenvalue weighted by molar-refractivity contribution is -0.207. The summed E-state index contributed by atoms with van der Waals surface area (Å²) in [7, 11) is 0. The van der Waals surface area contributed by atoms with Crippen molar-refractivity contribution in [1.29, 1.82) is 5.26 Å². The maximum atomic E-state index is 13.1. The maximum absolute atomic E-state index is 13.1. The van der Waals surface area contributed by atoms with Crippen molar-refractivity contribution in [1.82, 2.24) is 5.32 Å². The Balaban J connectivity index is 1.76. The van der Waals surface area contributed by atoms with Gasteiger partial charge in [0.15, 0.2) is 5.78 Å². The van der Waals surface area contributed by atoms with E-state index in [9.17, 15) is 14.9 Å². The van der Waals surface area contributed by atoms with Crippen LogP contribution in [0.15, 0.2) is 6.07 Å². The molecule has 5 rings (SSSR count). The van der Waals surface area contributed by atoms with Crippen LogP contribution in [0.3, 0.4) is 0 Å². The van der Waals surface area contributed by atoms with Crippen LogP contribution < -0.4 is 10.1 Å². The molecular weight excluding hydrogens is 444 g/mol. The van der Waals surface area contributed by atoms with Crippen molar-refractivity contribution < 1.29 is 14.3 Å². The topological polar surface area (TPSA) is 79.2 Å². The quantitative estimate of drug-likeness (QED) is 0.573. The van der Waals surface area contributed by atoms with Crippen molar-refractivity contribution in [2.45, 2.75) is 70.4 Å². The van der Waals surface area contributed by atoms with Gasteiger partial charge in [-0.05, 0) is 36.8 Å². The Kier molecular flexibility index (Phi) is 4.07. The van der Waals surface area contributed by atoms with Crippen LogP contribution in [0.1, 0.15) is 74.0 Å². The van der Waals surface area contributed by atoms with E-state index in [-0.39, 0.29) is 27.9 Å². The van der Waals surface area contributed by atoms with E-state index in [0.717, 1.165) is 36.1 Å². The van der Waals surface area contributed by atoms with Gasteiger partial charge in [0, 0.05) is 35.3 Å². The molecular formula is C24H27BrN2O3. The molecule has 5 atom stereocenters. The van der Waals surface area contributed by atoms with Gasteiger partial charge in [0.05, 0.1) is 22.0 Å². The van der Waals surface area contributed by atoms with Gasteiger partial charge in [-0.25, -0.2) is 0 Å². The van der Waals surface area contributed by atoms with Crippen LogP contribution in [0, 0.1) is 34.0 Å². The molecule has 4 aliphatic rings. The Labute approximate surface area is 185 Å². The number of alkyl halides is 1. The normalized spacial score (nSPS) is 38.3. The number of ether oxygens (including phenoxy) is 1. The van der Waals surface area contributed by atoms with Crippen LogP contribution in [0.25, 0.3) is 0 Å². The zero-order chi connectivity index (χ0) is 21.6. The van der Waals surface area contributed by atoms with Crippen LogP contribution in [-0.2, 0) is 17.8 Å². The number of nitriles is 1. The first-order valence-corrected chi connectivity index (χ1v) is 11.7. The Morgan fingerprint density at radius 2 is 2.00 bits per heavy atom. The van der Waals surface area contributed by atoms with Gasteiger partial charge >= 0.3 is 0 Å². The number of amides is 1. The van der Waals surface area contributed by atoms with Gasteiger partial charge < -0.3 is 10.1 Å². The first kappa shape index (κ1) is 20.1. The van der Waals surface area contributed by atoms with Crippen LogP contribution in [-0.4, -0.2) is 22.1 Å². The average Bonchev–Trinajstić information content (AvgIpc) is 3.08. The molecule has 0 bridgehead atoms. The highest BCUT2D eigenvalue weighted by Gasteiger charge is 2.69. The number of nitrogens with zero attached hydrogens (tertiary/aromatic N) is 1. The molecule has 2 heterocycles. The van der Waals surface area contributed by atoms with Crippen LogP contribution in [0.4, 0.5) is 0 Å². The zero-order valence-electron chi connectivity index (χ0n) is 17.9. The average molecular weight is 471 g/mol. The SMILES string of the molecule is C[C@H]1CC[C@H]2C(C)(C)C(=O)C(Br)C[C@]23Oc2c(cc(C#N)c4c2CNC4=O)C[C@]13C. The minimum Gasteiger partial charge on any atom is -0.486 e. The summed E-state index contributed by atoms with van der Waals surface area (Å²) in [5.41, 5.74) is 1.57. The predicted octanol–water partition coefficient (Wildman–Crippen LogP) is 4.29. The number of fused-ring (bicyclic) bond motifs is 3. The molecule has 2 aliphatic heterocycles. The van der Waals surface area contributed by atoms with Crippen LogP contribution in [0.5, 0.6) is 5.75 Å². The lowest BCUT2D eigenvalue weighted by Gasteiger charge is -2.66. The highest BCUT2D eigenvalue weighted by atomic mass is 79.9. The molecule has 1 aromatic rings. The van der Waals surface area contributed by atoms with Gasteiger partial charge in [-0.3, -0.25) is 9.59 Å². The molecule has 158 valence electrons. The fourth-order valence-electron chi connectivity index (χ4n) is 6.98. The number of hydrogen-bond donors (Lipinski definition) is 1. The number of carbonyl (C=O) groups is 2. The second kappa shape index (κ2) is 6.09. The van der Waals surface area contributed by atoms with Gasteiger partial charge in [-0.15, -0.1) is 0 Å². The predicted molar refractivity (Wildman–Crippen MR) is 116 cm³/mol. The van der Waals surface area contributed by atoms with Crippen LogP contribution >= 0.6 is 15.9 Å². The number of rotatable bonds is 0. The summed E-state index contributed by atoms with van der Waals surface area (Å²) in [6.07, 6.45) is 3.44. The Bertz CT molecular complexity index is 1040. The second-order valence-corrected chi connectivity index (χ2v) is 11.5. The fourth-order valence-corrected chi connectivity index (χ4v) is 8.05. The Morgan fingerprint density at radius 3 is 2.70 bits per heavy atom. The molecule has 30 heavy (non-hydrogen) atoms. The highest BCUT2D eigenvalue weighted by molar-refractivity contribution is 9.10. The summed E-state index contributed by atoms with van der Waals surface area (Å²) in [5, 5.41) is 12.5. The van der Waals surface area contributed by atoms with E-state index in [1.165, 1.54) is 0 Å². The number of Topliss-reactive ketones (excluding diaryl/α,β-unsaturated/α-hetero) is 1. The van der Waals surface area contributed by atoms with Crippen molar-refractivity contribution in [3.63, 3.8) is 0 Å². The molecule has 1 N–H and O–H groups in total. The largest absolute Gasteiger partial charge is 0.486 e. The molecule has 2 fully saturated rings. The van der Waals surface area contributed by atoms with E-state index < -0.39 is 11.0 Å². The summed E-state index contributed by atoms with van der Waals surface area (Å²) in [4.78, 5) is 25.3. The van der Waals surface area contributed by atoms with Crippen LogP contribution in [0.2, 0.25) is 0 Å². The lowest BCUT2D eigenvalue weighted by Crippen LogP contribution is -2.71. The summed E-state index contributed by atoms with van der Waals surface area (Å²) in [6.45, 7) is 9.13. The molecule has 2 aliphatic carbocycles. The van der Waals surface area contributed by atoms with Crippen molar-refractivity contribution in [2.24, 2.45) is 22.7 Å². The Morgan fingerprint density at radius 1 is 1.27 bits per heavy atom. The number of carbonyl (C=O) groups excluding carboxylic acids is 2. The minimum absolute atomic E-state index is 0.108. The maximum Gasteiger partial charge on any atom is 0.253 e. The Hall–Kier alpha value is -1.87. The van der Waals surface area contributed by atoms with E-state index in [1.807, 2.05) is 6.07 Å². The number of hydrogen-bond acceptors (Lipinski definition) is 4. The van der Waals surface area contributed by atoms with E-state index in [0.29, 0.717) is 30.0 Å². The fraction of sp³-hybridized carbons (Fsp3) is 0.625. The number of ketones is 1. The van der Waals surface area contributed by atoms with E-state index in [2.05, 4.69) is 55.0 Å². The van der Waals surface area contributed by atoms with Gasteiger partial charge in [0.1, 0.15) is 11.4 Å². The minimum atomic E-state index is -0.491. The van der Waals surface area contributed by atoms with Gasteiger partial charge in [-0.2, -0.15) is 5.26 Å². The summed E-state index contributed by atoms with van der Waals surface area (Å²) in [5.74, 6) is 1.35. The number of benzene rings is 1. The molecule has 1 amide bonds. The van der Waals surface area contributed by atoms with Crippen molar-refractivity contribution in [3.8, 4) is 11.8 Å². The molecule has 6 heteroatoms. The monoisotopic (exact) mass is 470 g/mol. The molecule has 1 unspecified atom stereocenters. The molecule has 0 radical (unpaired) electrons. The second-order valence-electron chi connectivity index (χ2n) is 10.4. The first-order chi connectivity index (χ1) is 14.1. The molecule has 5 nitrogen and oxygen atoms in total. The summed E-state index contributed by atoms with van der Waals surface area (Å²) < 4.78 is 7.06. The highest BCUT2D eigenvalue weighted by Crippen LogP contribution is 2.66. The molecule has 0 aromatic heterocycles. The first-order valence-electron chi connectivity index (χ1n) is 10.8. The number of halogens is 1. The third-order valence-electron chi connectivity index (χ3n) is 8.85. The molecule has 1 spiro atoms. The van der Waals surface area contributed by atoms with Crippen molar-refractivity contribution in [3.05, 3.63) is 28.3 Å². The van der Waals surface area contributed by atoms with Crippen molar-refractivity contribution >= 4 is 27.6 Å². The standard InChI is InChI=1S/C24H27BrN2O3/c1-12-5-6-17-22(2,3)20(28)16(25)9-24(17)23(12,4)8-13-7-14(10-26)18-15(19(13)30-24)11-27-21(18)29/h7,12,16-17H,5-6,8-9,11H2,1-4H3,(H,27,29)/t12-,16?,17-,23+,24-/m0/s1. The van der Waals surface area contributed by atoms with E-state index in [4.69, 9.17) is 4.74 Å². The zero-order valence-corrected chi connectivity index (χ0v) is 19.5. The van der Waals surface area contributed by atoms with E-state index in [1.54, 1.807) is 0 Å². The smallest absolute Gasteiger partial charge is 0.253 e. The number of nitrogens with one attached hydrogen (secondary N) is 1. The van der Waals surface area contributed by atoms with E-state index >= 15 is 0 Å². The van der Waals surface area contributed by atoms with Gasteiger partial charge in [0.25, 0.3) is 5.91 Å². The molecule has 0 saturated heterocycles. The van der Waals surface area contributed by atoms with Gasteiger partial charge in [0.2, 0.25) is 0 Å². The van der Waals surface area contributed by atoms with Crippen molar-refractivity contribution in [2.75, 3.05) is 0 Å². The summed E-state index contributed by atoms with van der Waals surface area (Å²) >= 11 is 3.69.